The maximum absolute atomic E-state index is 13.5. The second-order valence-corrected chi connectivity index (χ2v) is 12.0. The molecule has 0 heterocycles. The van der Waals surface area contributed by atoms with E-state index in [-0.39, 0.29) is 22.5 Å². The number of aromatic hydroxyl groups is 1. The van der Waals surface area contributed by atoms with Crippen molar-refractivity contribution in [1.82, 2.24) is 0 Å². The van der Waals surface area contributed by atoms with Gasteiger partial charge in [0.1, 0.15) is 29.5 Å². The number of fused-ring (bicyclic) bond motifs is 1. The minimum Gasteiger partial charge on any atom is -0.507 e. The highest BCUT2D eigenvalue weighted by atomic mass is 19.1. The third-order valence-corrected chi connectivity index (χ3v) is 9.44. The number of hydrogen-bond acceptors (Lipinski definition) is 3. The minimum absolute atomic E-state index is 0.0868. The van der Waals surface area contributed by atoms with Crippen molar-refractivity contribution in [3.8, 4) is 22.6 Å². The van der Waals surface area contributed by atoms with E-state index in [1.165, 1.54) is 62.3 Å². The summed E-state index contributed by atoms with van der Waals surface area (Å²) in [6.07, 6.45) is 7.60. The summed E-state index contributed by atoms with van der Waals surface area (Å²) >= 11 is 0. The summed E-state index contributed by atoms with van der Waals surface area (Å²) in [5.41, 5.74) is 3.90. The monoisotopic (exact) mass is 522 g/mol. The molecule has 5 heteroatoms. The molecule has 0 spiro atoms. The highest BCUT2D eigenvalue weighted by molar-refractivity contribution is 5.99. The lowest BCUT2D eigenvalue weighted by atomic mass is 9.48. The van der Waals surface area contributed by atoms with Crippen LogP contribution in [-0.2, 0) is 12.0 Å². The smallest absolute Gasteiger partial charge is 0.339 e. The molecule has 4 nitrogen and oxygen atoms in total. The maximum atomic E-state index is 13.5. The summed E-state index contributed by atoms with van der Waals surface area (Å²) in [4.78, 5) is 11.5. The molecule has 0 radical (unpaired) electrons. The van der Waals surface area contributed by atoms with Crippen LogP contribution in [0, 0.1) is 23.6 Å². The molecule has 4 aromatic carbocycles. The van der Waals surface area contributed by atoms with Crippen LogP contribution in [0.1, 0.15) is 60.0 Å². The van der Waals surface area contributed by atoms with Gasteiger partial charge in [-0.25, -0.2) is 9.18 Å². The lowest BCUT2D eigenvalue weighted by Crippen LogP contribution is -2.48. The van der Waals surface area contributed by atoms with Gasteiger partial charge in [-0.2, -0.15) is 0 Å². The van der Waals surface area contributed by atoms with Crippen molar-refractivity contribution in [1.29, 1.82) is 0 Å². The van der Waals surface area contributed by atoms with Crippen LogP contribution < -0.4 is 4.74 Å². The first kappa shape index (κ1) is 24.2. The largest absolute Gasteiger partial charge is 0.507 e. The molecule has 8 rings (SSSR count). The third kappa shape index (κ3) is 4.25. The lowest BCUT2D eigenvalue weighted by molar-refractivity contribution is -0.00640. The predicted molar refractivity (Wildman–Crippen MR) is 149 cm³/mol. The van der Waals surface area contributed by atoms with Gasteiger partial charge in [-0.05, 0) is 126 Å². The normalized spacial score (nSPS) is 25.2. The second kappa shape index (κ2) is 9.11. The first-order chi connectivity index (χ1) is 18.9. The molecule has 0 unspecified atom stereocenters. The van der Waals surface area contributed by atoms with Crippen molar-refractivity contribution in [2.45, 2.75) is 50.5 Å². The number of ether oxygens (including phenoxy) is 1. The van der Waals surface area contributed by atoms with Crippen molar-refractivity contribution < 1.29 is 24.1 Å². The van der Waals surface area contributed by atoms with Crippen LogP contribution in [0.3, 0.4) is 0 Å². The van der Waals surface area contributed by atoms with Gasteiger partial charge in [-0.1, -0.05) is 36.4 Å². The van der Waals surface area contributed by atoms with E-state index in [4.69, 9.17) is 4.74 Å². The Kier molecular flexibility index (Phi) is 5.66. The zero-order chi connectivity index (χ0) is 26.7. The number of carboxylic acids is 1. The molecule has 4 aromatic rings. The van der Waals surface area contributed by atoms with Crippen molar-refractivity contribution in [2.24, 2.45) is 17.8 Å². The Balaban J connectivity index is 1.36. The van der Waals surface area contributed by atoms with Gasteiger partial charge in [0.05, 0.1) is 0 Å². The Bertz CT molecular complexity index is 1550. The minimum atomic E-state index is -1.15. The highest BCUT2D eigenvalue weighted by Gasteiger charge is 2.52. The first-order valence-electron chi connectivity index (χ1n) is 13.9. The molecule has 4 bridgehead atoms. The maximum Gasteiger partial charge on any atom is 0.339 e. The van der Waals surface area contributed by atoms with Crippen LogP contribution in [0.2, 0.25) is 0 Å². The lowest BCUT2D eigenvalue weighted by Gasteiger charge is -2.57. The molecule has 39 heavy (non-hydrogen) atoms. The number of rotatable bonds is 6. The summed E-state index contributed by atoms with van der Waals surface area (Å²) in [6, 6.07) is 21.8. The molecule has 4 saturated carbocycles. The molecule has 4 fully saturated rings. The molecule has 198 valence electrons. The topological polar surface area (TPSA) is 66.8 Å². The van der Waals surface area contributed by atoms with E-state index >= 15 is 0 Å². The quantitative estimate of drug-likeness (QED) is 0.269. The predicted octanol–water partition coefficient (Wildman–Crippen LogP) is 8.10. The van der Waals surface area contributed by atoms with Crippen LogP contribution >= 0.6 is 0 Å². The van der Waals surface area contributed by atoms with Gasteiger partial charge in [0.25, 0.3) is 0 Å². The van der Waals surface area contributed by atoms with Gasteiger partial charge in [-0.3, -0.25) is 0 Å². The standard InChI is InChI=1S/C34H31FO4/c35-26-7-4-20(5-8-26)19-39-32-14-24-2-1-3-27(25-6-9-28(33(37)38)31(36)13-25)29(24)15-30(32)34-16-21-10-22(17-34)12-23(11-21)18-34/h1-9,13-15,21-23,36H,10-12,16-19H2,(H,37,38). The molecule has 0 saturated heterocycles. The third-order valence-electron chi connectivity index (χ3n) is 9.44. The fourth-order valence-corrected chi connectivity index (χ4v) is 8.15. The molecule has 0 atom stereocenters. The summed E-state index contributed by atoms with van der Waals surface area (Å²) < 4.78 is 20.0. The van der Waals surface area contributed by atoms with Crippen LogP contribution in [0.4, 0.5) is 4.39 Å². The van der Waals surface area contributed by atoms with Crippen molar-refractivity contribution >= 4 is 16.7 Å². The van der Waals surface area contributed by atoms with Crippen LogP contribution in [-0.4, -0.2) is 16.2 Å². The average Bonchev–Trinajstić information content (AvgIpc) is 2.91. The van der Waals surface area contributed by atoms with Crippen LogP contribution in [0.25, 0.3) is 21.9 Å². The number of halogens is 1. The number of carboxylic acid groups (broad SMARTS) is 1. The van der Waals surface area contributed by atoms with Crippen molar-refractivity contribution in [3.05, 3.63) is 95.3 Å². The van der Waals surface area contributed by atoms with Gasteiger partial charge in [0.2, 0.25) is 0 Å². The highest BCUT2D eigenvalue weighted by Crippen LogP contribution is 2.62. The van der Waals surface area contributed by atoms with E-state index in [1.54, 1.807) is 24.3 Å². The van der Waals surface area contributed by atoms with Gasteiger partial charge in [0.15, 0.2) is 0 Å². The van der Waals surface area contributed by atoms with Gasteiger partial charge < -0.3 is 14.9 Å². The average molecular weight is 523 g/mol. The Labute approximate surface area is 227 Å². The molecule has 0 aromatic heterocycles. The fourth-order valence-electron chi connectivity index (χ4n) is 8.15. The van der Waals surface area contributed by atoms with E-state index in [9.17, 15) is 19.4 Å². The summed E-state index contributed by atoms with van der Waals surface area (Å²) in [5, 5.41) is 21.9. The van der Waals surface area contributed by atoms with E-state index in [2.05, 4.69) is 18.2 Å². The van der Waals surface area contributed by atoms with E-state index < -0.39 is 5.97 Å². The Morgan fingerprint density at radius 2 is 1.59 bits per heavy atom. The Morgan fingerprint density at radius 1 is 0.897 bits per heavy atom. The van der Waals surface area contributed by atoms with Crippen molar-refractivity contribution in [2.75, 3.05) is 0 Å². The Hall–Kier alpha value is -3.86. The number of phenols is 1. The molecular formula is C34H31FO4. The van der Waals surface area contributed by atoms with Crippen molar-refractivity contribution in [3.63, 3.8) is 0 Å². The summed E-state index contributed by atoms with van der Waals surface area (Å²) in [7, 11) is 0. The second-order valence-electron chi connectivity index (χ2n) is 12.0. The van der Waals surface area contributed by atoms with Gasteiger partial charge >= 0.3 is 5.97 Å². The molecule has 4 aliphatic carbocycles. The molecule has 0 aliphatic heterocycles. The summed E-state index contributed by atoms with van der Waals surface area (Å²) in [5.74, 6) is 1.57. The van der Waals surface area contributed by atoms with E-state index in [1.807, 2.05) is 12.1 Å². The van der Waals surface area contributed by atoms with E-state index in [0.29, 0.717) is 6.61 Å². The van der Waals surface area contributed by atoms with Gasteiger partial charge in [-0.15, -0.1) is 0 Å². The first-order valence-corrected chi connectivity index (χ1v) is 13.9. The van der Waals surface area contributed by atoms with Crippen LogP contribution in [0.15, 0.2) is 72.8 Å². The Morgan fingerprint density at radius 3 is 2.23 bits per heavy atom. The zero-order valence-corrected chi connectivity index (χ0v) is 21.7. The summed E-state index contributed by atoms with van der Waals surface area (Å²) in [6.45, 7) is 0.370. The molecule has 0 amide bonds. The fraction of sp³-hybridized carbons (Fsp3) is 0.324. The van der Waals surface area contributed by atoms with E-state index in [0.717, 1.165) is 51.0 Å². The zero-order valence-electron chi connectivity index (χ0n) is 21.7. The molecular weight excluding hydrogens is 491 g/mol. The number of aromatic carboxylic acids is 1. The van der Waals surface area contributed by atoms with Gasteiger partial charge in [0, 0.05) is 5.56 Å². The SMILES string of the molecule is O=C(O)c1ccc(-c2cccc3cc(OCc4ccc(F)cc4)c(C45CC6CC(CC(C6)C4)C5)cc23)cc1O. The molecule has 2 N–H and O–H groups in total. The molecule has 4 aliphatic rings. The number of carbonyl (C=O) groups is 1. The van der Waals surface area contributed by atoms with Crippen LogP contribution in [0.5, 0.6) is 11.5 Å². The number of hydrogen-bond donors (Lipinski definition) is 2. The number of benzene rings is 4.